The number of unbranched alkanes of at least 4 members (excludes halogenated alkanes) is 1. The van der Waals surface area contributed by atoms with Crippen LogP contribution in [0, 0.1) is 0 Å². The molecule has 108 valence electrons. The highest BCUT2D eigenvalue weighted by Crippen LogP contribution is 2.20. The minimum atomic E-state index is -0.792. The molecule has 1 rings (SSSR count). The SMILES string of the molecule is CCCCC(CCC)NCC(C)(O)c1ccccc1. The Morgan fingerprint density at radius 1 is 1.11 bits per heavy atom. The third-order valence-corrected chi connectivity index (χ3v) is 3.67. The fourth-order valence-corrected chi connectivity index (χ4v) is 2.39. The quantitative estimate of drug-likeness (QED) is 0.709. The molecule has 0 saturated carbocycles. The Labute approximate surface area is 118 Å². The van der Waals surface area contributed by atoms with Crippen LogP contribution in [0.4, 0.5) is 0 Å². The Kier molecular flexibility index (Phi) is 7.11. The van der Waals surface area contributed by atoms with Crippen molar-refractivity contribution in [1.82, 2.24) is 5.32 Å². The summed E-state index contributed by atoms with van der Waals surface area (Å²) in [5.41, 5.74) is 0.188. The second-order valence-electron chi connectivity index (χ2n) is 5.65. The summed E-state index contributed by atoms with van der Waals surface area (Å²) in [6.45, 7) is 6.95. The van der Waals surface area contributed by atoms with Gasteiger partial charge in [-0.15, -0.1) is 0 Å². The first kappa shape index (κ1) is 16.2. The van der Waals surface area contributed by atoms with Gasteiger partial charge < -0.3 is 10.4 Å². The van der Waals surface area contributed by atoms with Crippen LogP contribution in [0.25, 0.3) is 0 Å². The molecule has 2 nitrogen and oxygen atoms in total. The van der Waals surface area contributed by atoms with Crippen molar-refractivity contribution >= 4 is 0 Å². The van der Waals surface area contributed by atoms with Crippen LogP contribution < -0.4 is 5.32 Å². The minimum absolute atomic E-state index is 0.528. The largest absolute Gasteiger partial charge is 0.384 e. The Morgan fingerprint density at radius 2 is 1.79 bits per heavy atom. The molecule has 2 heteroatoms. The van der Waals surface area contributed by atoms with E-state index in [-0.39, 0.29) is 0 Å². The Bertz CT molecular complexity index is 334. The predicted molar refractivity (Wildman–Crippen MR) is 82.2 cm³/mol. The van der Waals surface area contributed by atoms with Crippen molar-refractivity contribution in [2.24, 2.45) is 0 Å². The molecule has 19 heavy (non-hydrogen) atoms. The van der Waals surface area contributed by atoms with E-state index in [2.05, 4.69) is 19.2 Å². The van der Waals surface area contributed by atoms with Crippen molar-refractivity contribution in [2.45, 2.75) is 64.5 Å². The highest BCUT2D eigenvalue weighted by atomic mass is 16.3. The standard InChI is InChI=1S/C17H29NO/c1-4-6-13-16(10-5-2)18-14-17(3,19)15-11-8-7-9-12-15/h7-9,11-12,16,18-19H,4-6,10,13-14H2,1-3H3. The third-order valence-electron chi connectivity index (χ3n) is 3.67. The molecule has 2 atom stereocenters. The lowest BCUT2D eigenvalue weighted by molar-refractivity contribution is 0.0530. The van der Waals surface area contributed by atoms with Crippen molar-refractivity contribution in [2.75, 3.05) is 6.54 Å². The third kappa shape index (κ3) is 5.75. The molecule has 1 aromatic rings. The van der Waals surface area contributed by atoms with Crippen LogP contribution in [-0.2, 0) is 5.60 Å². The van der Waals surface area contributed by atoms with E-state index < -0.39 is 5.60 Å². The molecule has 0 heterocycles. The van der Waals surface area contributed by atoms with Gasteiger partial charge >= 0.3 is 0 Å². The molecular weight excluding hydrogens is 234 g/mol. The molecule has 0 fully saturated rings. The van der Waals surface area contributed by atoms with Crippen LogP contribution in [-0.4, -0.2) is 17.7 Å². The van der Waals surface area contributed by atoms with Gasteiger partial charge in [0.25, 0.3) is 0 Å². The average Bonchev–Trinajstić information content (AvgIpc) is 2.43. The summed E-state index contributed by atoms with van der Waals surface area (Å²) in [5.74, 6) is 0. The van der Waals surface area contributed by atoms with Crippen LogP contribution in [0.1, 0.15) is 58.4 Å². The number of benzene rings is 1. The molecular formula is C17H29NO. The molecule has 2 N–H and O–H groups in total. The first-order valence-electron chi connectivity index (χ1n) is 7.61. The lowest BCUT2D eigenvalue weighted by Gasteiger charge is -2.28. The van der Waals surface area contributed by atoms with Crippen LogP contribution in [0.3, 0.4) is 0 Å². The summed E-state index contributed by atoms with van der Waals surface area (Å²) in [6.07, 6.45) is 6.07. The van der Waals surface area contributed by atoms with E-state index in [0.29, 0.717) is 12.6 Å². The van der Waals surface area contributed by atoms with Gasteiger partial charge in [0.2, 0.25) is 0 Å². The second-order valence-corrected chi connectivity index (χ2v) is 5.65. The Hall–Kier alpha value is -0.860. The number of rotatable bonds is 9. The molecule has 0 aromatic heterocycles. The van der Waals surface area contributed by atoms with E-state index in [1.165, 1.54) is 32.1 Å². The highest BCUT2D eigenvalue weighted by Gasteiger charge is 2.23. The van der Waals surface area contributed by atoms with Gasteiger partial charge in [0.05, 0.1) is 5.60 Å². The lowest BCUT2D eigenvalue weighted by Crippen LogP contribution is -2.40. The van der Waals surface area contributed by atoms with Gasteiger partial charge in [-0.25, -0.2) is 0 Å². The van der Waals surface area contributed by atoms with E-state index in [1.807, 2.05) is 37.3 Å². The van der Waals surface area contributed by atoms with Crippen molar-refractivity contribution in [3.05, 3.63) is 35.9 Å². The molecule has 1 aromatic carbocycles. The fourth-order valence-electron chi connectivity index (χ4n) is 2.39. The zero-order chi connectivity index (χ0) is 14.1. The van der Waals surface area contributed by atoms with E-state index in [4.69, 9.17) is 0 Å². The van der Waals surface area contributed by atoms with Gasteiger partial charge in [0.1, 0.15) is 0 Å². The monoisotopic (exact) mass is 263 g/mol. The van der Waals surface area contributed by atoms with Crippen LogP contribution in [0.5, 0.6) is 0 Å². The van der Waals surface area contributed by atoms with E-state index in [9.17, 15) is 5.11 Å². The zero-order valence-electron chi connectivity index (χ0n) is 12.7. The summed E-state index contributed by atoms with van der Waals surface area (Å²) in [5, 5.41) is 14.1. The predicted octanol–water partition coefficient (Wildman–Crippen LogP) is 3.84. The van der Waals surface area contributed by atoms with Crippen molar-refractivity contribution in [3.8, 4) is 0 Å². The van der Waals surface area contributed by atoms with Gasteiger partial charge in [0, 0.05) is 12.6 Å². The molecule has 0 amide bonds. The van der Waals surface area contributed by atoms with Crippen LogP contribution in [0.15, 0.2) is 30.3 Å². The van der Waals surface area contributed by atoms with Crippen molar-refractivity contribution in [1.29, 1.82) is 0 Å². The van der Waals surface area contributed by atoms with E-state index >= 15 is 0 Å². The number of nitrogens with one attached hydrogen (secondary N) is 1. The maximum absolute atomic E-state index is 10.6. The summed E-state index contributed by atoms with van der Waals surface area (Å²) in [6, 6.07) is 10.4. The zero-order valence-corrected chi connectivity index (χ0v) is 12.7. The van der Waals surface area contributed by atoms with Gasteiger partial charge in [-0.1, -0.05) is 63.4 Å². The summed E-state index contributed by atoms with van der Waals surface area (Å²) in [7, 11) is 0. The van der Waals surface area contributed by atoms with Crippen molar-refractivity contribution in [3.63, 3.8) is 0 Å². The summed E-state index contributed by atoms with van der Waals surface area (Å²) >= 11 is 0. The van der Waals surface area contributed by atoms with Crippen LogP contribution >= 0.6 is 0 Å². The number of hydrogen-bond acceptors (Lipinski definition) is 2. The number of aliphatic hydroxyl groups is 1. The molecule has 2 unspecified atom stereocenters. The Morgan fingerprint density at radius 3 is 2.37 bits per heavy atom. The normalized spacial score (nSPS) is 16.0. The summed E-state index contributed by atoms with van der Waals surface area (Å²) in [4.78, 5) is 0. The van der Waals surface area contributed by atoms with Crippen molar-refractivity contribution < 1.29 is 5.11 Å². The van der Waals surface area contributed by atoms with Gasteiger partial charge in [-0.3, -0.25) is 0 Å². The smallest absolute Gasteiger partial charge is 0.0992 e. The highest BCUT2D eigenvalue weighted by molar-refractivity contribution is 5.21. The maximum atomic E-state index is 10.6. The Balaban J connectivity index is 2.52. The lowest BCUT2D eigenvalue weighted by atomic mass is 9.95. The number of hydrogen-bond donors (Lipinski definition) is 2. The molecule has 0 aliphatic heterocycles. The molecule has 0 aliphatic rings. The van der Waals surface area contributed by atoms with Crippen LogP contribution in [0.2, 0.25) is 0 Å². The molecule has 0 saturated heterocycles. The molecule has 0 bridgehead atoms. The topological polar surface area (TPSA) is 32.3 Å². The van der Waals surface area contributed by atoms with Gasteiger partial charge in [-0.2, -0.15) is 0 Å². The summed E-state index contributed by atoms with van der Waals surface area (Å²) < 4.78 is 0. The molecule has 0 spiro atoms. The first-order chi connectivity index (χ1) is 9.10. The average molecular weight is 263 g/mol. The van der Waals surface area contributed by atoms with E-state index in [1.54, 1.807) is 0 Å². The maximum Gasteiger partial charge on any atom is 0.0992 e. The molecule has 0 aliphatic carbocycles. The first-order valence-corrected chi connectivity index (χ1v) is 7.61. The second kappa shape index (κ2) is 8.34. The van der Waals surface area contributed by atoms with E-state index in [0.717, 1.165) is 5.56 Å². The fraction of sp³-hybridized carbons (Fsp3) is 0.647. The molecule has 0 radical (unpaired) electrons. The van der Waals surface area contributed by atoms with Gasteiger partial charge in [-0.05, 0) is 25.3 Å². The minimum Gasteiger partial charge on any atom is -0.384 e. The van der Waals surface area contributed by atoms with Gasteiger partial charge in [0.15, 0.2) is 0 Å².